The summed E-state index contributed by atoms with van der Waals surface area (Å²) in [7, 11) is 1.68. The van der Waals surface area contributed by atoms with Gasteiger partial charge in [0.25, 0.3) is 5.89 Å². The lowest BCUT2D eigenvalue weighted by Gasteiger charge is -2.37. The van der Waals surface area contributed by atoms with E-state index in [1.54, 1.807) is 49.8 Å². The Balaban J connectivity index is 1.52. The highest BCUT2D eigenvalue weighted by atomic mass is 19.4. The van der Waals surface area contributed by atoms with Gasteiger partial charge in [-0.25, -0.2) is 4.39 Å². The Morgan fingerprint density at radius 1 is 1.12 bits per heavy atom. The van der Waals surface area contributed by atoms with Gasteiger partial charge in [0.2, 0.25) is 5.82 Å². The summed E-state index contributed by atoms with van der Waals surface area (Å²) < 4.78 is 67.6. The molecule has 7 nitrogen and oxygen atoms in total. The lowest BCUT2D eigenvalue weighted by molar-refractivity contribution is -0.155. The monoisotopic (exact) mass is 562 g/mol. The molecule has 1 unspecified atom stereocenters. The molecule has 0 saturated carbocycles. The molecule has 1 fully saturated rings. The fourth-order valence-corrected chi connectivity index (χ4v) is 4.82. The lowest BCUT2D eigenvalue weighted by atomic mass is 9.99. The maximum Gasteiger partial charge on any atom is 0.418 e. The van der Waals surface area contributed by atoms with Gasteiger partial charge in [-0.2, -0.15) is 18.2 Å². The van der Waals surface area contributed by atoms with E-state index in [4.69, 9.17) is 9.26 Å². The Kier molecular flexibility index (Phi) is 8.53. The molecule has 0 spiro atoms. The predicted molar refractivity (Wildman–Crippen MR) is 143 cm³/mol. The summed E-state index contributed by atoms with van der Waals surface area (Å²) in [6, 6.07) is 8.38. The lowest BCUT2D eigenvalue weighted by Crippen LogP contribution is -2.38. The van der Waals surface area contributed by atoms with Gasteiger partial charge in [-0.15, -0.1) is 0 Å². The van der Waals surface area contributed by atoms with Crippen molar-refractivity contribution in [3.8, 4) is 22.8 Å². The molecule has 1 aliphatic rings. The second-order valence-corrected chi connectivity index (χ2v) is 11.3. The van der Waals surface area contributed by atoms with Crippen molar-refractivity contribution in [2.75, 3.05) is 25.0 Å². The third-order valence-electron chi connectivity index (χ3n) is 6.66. The van der Waals surface area contributed by atoms with Crippen molar-refractivity contribution in [2.45, 2.75) is 71.3 Å². The Morgan fingerprint density at radius 3 is 2.50 bits per heavy atom. The minimum Gasteiger partial charge on any atom is -0.459 e. The van der Waals surface area contributed by atoms with E-state index in [0.29, 0.717) is 17.7 Å². The van der Waals surface area contributed by atoms with Crippen LogP contribution < -0.4 is 4.90 Å². The number of hydrogen-bond donors (Lipinski definition) is 0. The second-order valence-electron chi connectivity index (χ2n) is 11.3. The molecule has 1 aromatic heterocycles. The first-order valence-electron chi connectivity index (χ1n) is 13.2. The van der Waals surface area contributed by atoms with Crippen molar-refractivity contribution >= 4 is 11.7 Å². The summed E-state index contributed by atoms with van der Waals surface area (Å²) in [6.07, 6.45) is -1.90. The minimum absolute atomic E-state index is 0.00525. The molecule has 1 atom stereocenters. The molecule has 1 aliphatic heterocycles. The first kappa shape index (κ1) is 29.5. The van der Waals surface area contributed by atoms with E-state index in [1.165, 1.54) is 18.2 Å². The van der Waals surface area contributed by atoms with Crippen LogP contribution in [0, 0.1) is 5.82 Å². The van der Waals surface area contributed by atoms with Crippen molar-refractivity contribution in [2.24, 2.45) is 0 Å². The molecule has 0 N–H and O–H groups in total. The van der Waals surface area contributed by atoms with Crippen molar-refractivity contribution in [1.29, 1.82) is 0 Å². The summed E-state index contributed by atoms with van der Waals surface area (Å²) in [5.41, 5.74) is -0.463. The molecule has 0 radical (unpaired) electrons. The van der Waals surface area contributed by atoms with Gasteiger partial charge in [0.1, 0.15) is 11.4 Å². The number of aromatic nitrogens is 2. The van der Waals surface area contributed by atoms with Gasteiger partial charge in [0.15, 0.2) is 0 Å². The Hall–Kier alpha value is -3.47. The maximum absolute atomic E-state index is 14.9. The number of carbonyl (C=O) groups excluding carboxylic acids is 1. The standard InChI is InChI=1S/C29H34F4N4O3/c1-18-8-6-7-13-37(18)24-12-11-20(14-22(24)29(31,32)33)27-34-26(35-40-27)19-9-10-21(23(30)15-19)16-36(5)17-25(38)39-28(2,3)4/h9-12,14-15,18H,6-8,13,16-17H2,1-5H3. The summed E-state index contributed by atoms with van der Waals surface area (Å²) in [6.45, 7) is 7.95. The van der Waals surface area contributed by atoms with Crippen LogP contribution in [0.5, 0.6) is 0 Å². The molecular formula is C29H34F4N4O3. The summed E-state index contributed by atoms with van der Waals surface area (Å²) >= 11 is 0. The number of carbonyl (C=O) groups is 1. The molecule has 216 valence electrons. The van der Waals surface area contributed by atoms with Crippen LogP contribution in [0.1, 0.15) is 58.1 Å². The number of ether oxygens (including phenoxy) is 1. The van der Waals surface area contributed by atoms with Gasteiger partial charge < -0.3 is 14.2 Å². The van der Waals surface area contributed by atoms with Crippen LogP contribution in [0.25, 0.3) is 22.8 Å². The summed E-state index contributed by atoms with van der Waals surface area (Å²) in [4.78, 5) is 19.7. The van der Waals surface area contributed by atoms with Gasteiger partial charge >= 0.3 is 12.1 Å². The highest BCUT2D eigenvalue weighted by Crippen LogP contribution is 2.41. The number of likely N-dealkylation sites (N-methyl/N-ethyl adjacent to an activating group) is 1. The third-order valence-corrected chi connectivity index (χ3v) is 6.66. The topological polar surface area (TPSA) is 71.7 Å². The molecule has 0 amide bonds. The molecule has 40 heavy (non-hydrogen) atoms. The molecule has 4 rings (SSSR count). The molecule has 1 saturated heterocycles. The first-order chi connectivity index (χ1) is 18.7. The van der Waals surface area contributed by atoms with E-state index in [2.05, 4.69) is 10.1 Å². The minimum atomic E-state index is -4.57. The number of alkyl halides is 3. The van der Waals surface area contributed by atoms with Crippen molar-refractivity contribution in [1.82, 2.24) is 15.0 Å². The molecule has 2 aromatic carbocycles. The quantitative estimate of drug-likeness (QED) is 0.234. The number of rotatable bonds is 7. The van der Waals surface area contributed by atoms with Crippen molar-refractivity contribution < 1.29 is 31.6 Å². The predicted octanol–water partition coefficient (Wildman–Crippen LogP) is 6.71. The zero-order valence-corrected chi connectivity index (χ0v) is 23.3. The maximum atomic E-state index is 14.9. The van der Waals surface area contributed by atoms with Crippen molar-refractivity contribution in [3.63, 3.8) is 0 Å². The number of nitrogens with zero attached hydrogens (tertiary/aromatic N) is 4. The number of benzene rings is 2. The number of piperidine rings is 1. The van der Waals surface area contributed by atoms with E-state index in [-0.39, 0.29) is 42.1 Å². The second kappa shape index (κ2) is 11.6. The van der Waals surface area contributed by atoms with Gasteiger partial charge in [0.05, 0.1) is 12.1 Å². The molecule has 11 heteroatoms. The van der Waals surface area contributed by atoms with Crippen LogP contribution in [0.4, 0.5) is 23.2 Å². The number of anilines is 1. The van der Waals surface area contributed by atoms with E-state index < -0.39 is 29.1 Å². The van der Waals surface area contributed by atoms with Crippen LogP contribution in [0.2, 0.25) is 0 Å². The summed E-state index contributed by atoms with van der Waals surface area (Å²) in [5, 5.41) is 3.87. The van der Waals surface area contributed by atoms with Crippen LogP contribution in [0.15, 0.2) is 40.9 Å². The fraction of sp³-hybridized carbons (Fsp3) is 0.483. The van der Waals surface area contributed by atoms with Gasteiger partial charge in [0, 0.05) is 41.5 Å². The zero-order chi connectivity index (χ0) is 29.2. The largest absolute Gasteiger partial charge is 0.459 e. The van der Waals surface area contributed by atoms with E-state index in [9.17, 15) is 22.4 Å². The number of hydrogen-bond acceptors (Lipinski definition) is 7. The Labute approximate surface area is 231 Å². The Bertz CT molecular complexity index is 1350. The Morgan fingerprint density at radius 2 is 1.85 bits per heavy atom. The normalized spacial score (nSPS) is 16.4. The molecule has 2 heterocycles. The molecule has 0 bridgehead atoms. The summed E-state index contributed by atoms with van der Waals surface area (Å²) in [5.74, 6) is -1.01. The van der Waals surface area contributed by atoms with Crippen LogP contribution in [-0.2, 0) is 22.3 Å². The highest BCUT2D eigenvalue weighted by molar-refractivity contribution is 5.72. The molecular weight excluding hydrogens is 528 g/mol. The van der Waals surface area contributed by atoms with E-state index >= 15 is 0 Å². The SMILES string of the molecule is CC1CCCCN1c1ccc(-c2nc(-c3ccc(CN(C)CC(=O)OC(C)(C)C)c(F)c3)no2)cc1C(F)(F)F. The molecule has 3 aromatic rings. The van der Waals surface area contributed by atoms with Crippen LogP contribution in [0.3, 0.4) is 0 Å². The number of esters is 1. The smallest absolute Gasteiger partial charge is 0.418 e. The van der Waals surface area contributed by atoms with Crippen LogP contribution in [-0.4, -0.2) is 52.8 Å². The van der Waals surface area contributed by atoms with Gasteiger partial charge in [-0.1, -0.05) is 17.3 Å². The van der Waals surface area contributed by atoms with Gasteiger partial charge in [-0.05, 0) is 78.3 Å². The average molecular weight is 563 g/mol. The third kappa shape index (κ3) is 7.18. The average Bonchev–Trinajstić information content (AvgIpc) is 3.34. The zero-order valence-electron chi connectivity index (χ0n) is 23.3. The highest BCUT2D eigenvalue weighted by Gasteiger charge is 2.37. The number of halogens is 4. The van der Waals surface area contributed by atoms with Gasteiger partial charge in [-0.3, -0.25) is 9.69 Å². The van der Waals surface area contributed by atoms with Crippen LogP contribution >= 0.6 is 0 Å². The first-order valence-corrected chi connectivity index (χ1v) is 13.2. The van der Waals surface area contributed by atoms with E-state index in [1.807, 2.05) is 6.92 Å². The molecule has 0 aliphatic carbocycles. The van der Waals surface area contributed by atoms with Crippen molar-refractivity contribution in [3.05, 3.63) is 53.3 Å². The fourth-order valence-electron chi connectivity index (χ4n) is 4.82. The van der Waals surface area contributed by atoms with E-state index in [0.717, 1.165) is 25.3 Å².